The van der Waals surface area contributed by atoms with Crippen LogP contribution in [0.3, 0.4) is 0 Å². The Balaban J connectivity index is 1.06. The Labute approximate surface area is 367 Å². The van der Waals surface area contributed by atoms with Crippen molar-refractivity contribution in [3.63, 3.8) is 0 Å². The fraction of sp³-hybridized carbons (Fsp3) is 0.121. The van der Waals surface area contributed by atoms with E-state index in [9.17, 15) is 0 Å². The highest BCUT2D eigenvalue weighted by molar-refractivity contribution is 6.14. The van der Waals surface area contributed by atoms with Gasteiger partial charge < -0.3 is 9.32 Å². The molecule has 8 aromatic carbocycles. The number of nitrogens with zero attached hydrogens (tertiary/aromatic N) is 4. The van der Waals surface area contributed by atoms with Crippen LogP contribution in [-0.2, 0) is 10.8 Å². The van der Waals surface area contributed by atoms with Crippen LogP contribution in [0.1, 0.15) is 55.8 Å². The molecule has 0 aliphatic heterocycles. The maximum atomic E-state index is 7.27. The zero-order chi connectivity index (χ0) is 42.6. The Bertz CT molecular complexity index is 3380. The molecule has 0 bridgehead atoms. The summed E-state index contributed by atoms with van der Waals surface area (Å²) >= 11 is 0. The summed E-state index contributed by atoms with van der Waals surface area (Å²) in [6, 6.07) is 63.2. The lowest BCUT2D eigenvalue weighted by Gasteiger charge is -2.29. The van der Waals surface area contributed by atoms with Gasteiger partial charge in [0.1, 0.15) is 11.4 Å². The van der Waals surface area contributed by atoms with Gasteiger partial charge in [-0.15, -0.1) is 0 Å². The Kier molecular flexibility index (Phi) is 8.07. The summed E-state index contributed by atoms with van der Waals surface area (Å²) in [5.41, 5.74) is 18.8. The molecule has 0 unspecified atom stereocenters. The monoisotopic (exact) mass is 812 g/mol. The standard InChI is InChI=1S/C58H44N4O/c1-35-59-55(36-17-7-6-8-18-36)61-56(60-35)47-22-10-9-19-39(47)44-23-15-24-45-46-25-16-28-52(54(46)63-53(44)45)62(37-29-31-42-40-20-11-13-26-48(40)57(2,3)50(42)33-37)38-30-32-43-41-21-12-14-27-49(41)58(4,5)51(43)34-38/h6-34H,1-5H3. The average molecular weight is 813 g/mol. The van der Waals surface area contributed by atoms with Crippen LogP contribution in [0.4, 0.5) is 17.1 Å². The number of aryl methyl sites for hydroxylation is 1. The number of para-hydroxylation sites is 2. The second-order valence-electron chi connectivity index (χ2n) is 18.0. The van der Waals surface area contributed by atoms with E-state index in [0.717, 1.165) is 61.3 Å². The Hall–Kier alpha value is -7.63. The summed E-state index contributed by atoms with van der Waals surface area (Å²) in [6.07, 6.45) is 0. The van der Waals surface area contributed by atoms with Gasteiger partial charge in [-0.1, -0.05) is 173 Å². The molecule has 2 aromatic heterocycles. The molecule has 0 spiro atoms. The molecule has 10 aromatic rings. The minimum Gasteiger partial charge on any atom is -0.453 e. The van der Waals surface area contributed by atoms with Gasteiger partial charge in [0.2, 0.25) is 0 Å². The minimum absolute atomic E-state index is 0.165. The summed E-state index contributed by atoms with van der Waals surface area (Å²) in [5.74, 6) is 1.94. The van der Waals surface area contributed by atoms with Crippen LogP contribution < -0.4 is 4.90 Å². The molecule has 5 nitrogen and oxygen atoms in total. The first-order valence-corrected chi connectivity index (χ1v) is 21.8. The van der Waals surface area contributed by atoms with E-state index >= 15 is 0 Å². The summed E-state index contributed by atoms with van der Waals surface area (Å²) in [4.78, 5) is 17.0. The van der Waals surface area contributed by atoms with Crippen molar-refractivity contribution in [3.8, 4) is 56.2 Å². The van der Waals surface area contributed by atoms with Gasteiger partial charge in [-0.2, -0.15) is 0 Å². The maximum absolute atomic E-state index is 7.27. The number of furan rings is 1. The summed E-state index contributed by atoms with van der Waals surface area (Å²) in [7, 11) is 0. The number of hydrogen-bond acceptors (Lipinski definition) is 5. The summed E-state index contributed by atoms with van der Waals surface area (Å²) in [6.45, 7) is 11.3. The highest BCUT2D eigenvalue weighted by atomic mass is 16.3. The van der Waals surface area contributed by atoms with Gasteiger partial charge in [0.05, 0.1) is 5.69 Å². The van der Waals surface area contributed by atoms with Crippen LogP contribution in [0.5, 0.6) is 0 Å². The predicted molar refractivity (Wildman–Crippen MR) is 258 cm³/mol. The SMILES string of the molecule is Cc1nc(-c2ccccc2)nc(-c2ccccc2-c2cccc3c2oc2c(N(c4ccc5c(c4)C(C)(C)c4ccccc4-5)c4ccc5c(c4)C(C)(C)c4ccccc4-5)cccc23)n1. The van der Waals surface area contributed by atoms with Crippen molar-refractivity contribution in [2.75, 3.05) is 4.90 Å². The van der Waals surface area contributed by atoms with Gasteiger partial charge in [0, 0.05) is 49.7 Å². The van der Waals surface area contributed by atoms with Gasteiger partial charge in [-0.25, -0.2) is 15.0 Å². The third kappa shape index (κ3) is 5.59. The molecule has 0 radical (unpaired) electrons. The fourth-order valence-electron chi connectivity index (χ4n) is 10.5. The molecule has 63 heavy (non-hydrogen) atoms. The molecule has 0 saturated heterocycles. The molecule has 0 amide bonds. The van der Waals surface area contributed by atoms with Gasteiger partial charge in [0.15, 0.2) is 17.2 Å². The lowest BCUT2D eigenvalue weighted by Crippen LogP contribution is -2.18. The largest absolute Gasteiger partial charge is 0.453 e. The number of benzene rings is 8. The number of anilines is 3. The van der Waals surface area contributed by atoms with Crippen molar-refractivity contribution in [1.29, 1.82) is 0 Å². The number of rotatable bonds is 6. The van der Waals surface area contributed by atoms with Crippen molar-refractivity contribution in [2.24, 2.45) is 0 Å². The van der Waals surface area contributed by atoms with E-state index in [1.165, 1.54) is 44.5 Å². The van der Waals surface area contributed by atoms with Crippen molar-refractivity contribution in [1.82, 2.24) is 15.0 Å². The normalized spacial score (nSPS) is 14.0. The van der Waals surface area contributed by atoms with Crippen LogP contribution >= 0.6 is 0 Å². The van der Waals surface area contributed by atoms with Gasteiger partial charge >= 0.3 is 0 Å². The van der Waals surface area contributed by atoms with E-state index in [4.69, 9.17) is 19.4 Å². The molecule has 2 aliphatic rings. The molecular weight excluding hydrogens is 769 g/mol. The van der Waals surface area contributed by atoms with E-state index in [1.54, 1.807) is 0 Å². The van der Waals surface area contributed by atoms with Gasteiger partial charge in [-0.3, -0.25) is 0 Å². The molecule has 2 aliphatic carbocycles. The number of fused-ring (bicyclic) bond motifs is 9. The van der Waals surface area contributed by atoms with E-state index < -0.39 is 0 Å². The zero-order valence-electron chi connectivity index (χ0n) is 35.9. The van der Waals surface area contributed by atoms with E-state index in [0.29, 0.717) is 17.5 Å². The molecule has 5 heteroatoms. The zero-order valence-corrected chi connectivity index (χ0v) is 35.9. The highest BCUT2D eigenvalue weighted by Crippen LogP contribution is 2.54. The molecule has 0 N–H and O–H groups in total. The second kappa shape index (κ2) is 13.7. The third-order valence-electron chi connectivity index (χ3n) is 13.6. The van der Waals surface area contributed by atoms with Crippen molar-refractivity contribution in [2.45, 2.75) is 45.4 Å². The second-order valence-corrected chi connectivity index (χ2v) is 18.0. The van der Waals surface area contributed by atoms with Crippen LogP contribution in [0, 0.1) is 6.92 Å². The van der Waals surface area contributed by atoms with Crippen LogP contribution in [0.2, 0.25) is 0 Å². The fourth-order valence-corrected chi connectivity index (χ4v) is 10.5. The first-order valence-electron chi connectivity index (χ1n) is 21.8. The van der Waals surface area contributed by atoms with Crippen molar-refractivity contribution in [3.05, 3.63) is 204 Å². The van der Waals surface area contributed by atoms with Gasteiger partial charge in [0.25, 0.3) is 0 Å². The third-order valence-corrected chi connectivity index (χ3v) is 13.6. The number of hydrogen-bond donors (Lipinski definition) is 0. The van der Waals surface area contributed by atoms with Gasteiger partial charge in [-0.05, 0) is 87.3 Å². The molecule has 302 valence electrons. The highest BCUT2D eigenvalue weighted by Gasteiger charge is 2.38. The molecular formula is C58H44N4O. The van der Waals surface area contributed by atoms with E-state index in [1.807, 2.05) is 43.3 Å². The minimum atomic E-state index is -0.165. The lowest BCUT2D eigenvalue weighted by molar-refractivity contribution is 0.659. The topological polar surface area (TPSA) is 55.1 Å². The Morgan fingerprint density at radius 2 is 0.889 bits per heavy atom. The smallest absolute Gasteiger partial charge is 0.164 e. The average Bonchev–Trinajstić information content (AvgIpc) is 3.89. The van der Waals surface area contributed by atoms with Crippen LogP contribution in [0.15, 0.2) is 180 Å². The predicted octanol–water partition coefficient (Wildman–Crippen LogP) is 15.2. The molecule has 12 rings (SSSR count). The van der Waals surface area contributed by atoms with Crippen molar-refractivity contribution >= 4 is 39.0 Å². The molecule has 0 atom stereocenters. The first kappa shape index (κ1) is 37.2. The molecule has 0 saturated carbocycles. The van der Waals surface area contributed by atoms with Crippen LogP contribution in [0.25, 0.3) is 78.1 Å². The van der Waals surface area contributed by atoms with E-state index in [2.05, 4.69) is 172 Å². The molecule has 2 heterocycles. The number of aromatic nitrogens is 3. The Morgan fingerprint density at radius 3 is 1.52 bits per heavy atom. The quantitative estimate of drug-likeness (QED) is 0.167. The van der Waals surface area contributed by atoms with E-state index in [-0.39, 0.29) is 10.8 Å². The van der Waals surface area contributed by atoms with Crippen LogP contribution in [-0.4, -0.2) is 15.0 Å². The molecule has 0 fully saturated rings. The maximum Gasteiger partial charge on any atom is 0.164 e. The van der Waals surface area contributed by atoms with Crippen molar-refractivity contribution < 1.29 is 4.42 Å². The lowest BCUT2D eigenvalue weighted by atomic mass is 9.82. The first-order chi connectivity index (χ1) is 30.7. The Morgan fingerprint density at radius 1 is 0.397 bits per heavy atom. The summed E-state index contributed by atoms with van der Waals surface area (Å²) in [5, 5.41) is 2.10. The summed E-state index contributed by atoms with van der Waals surface area (Å²) < 4.78 is 7.27.